The summed E-state index contributed by atoms with van der Waals surface area (Å²) in [5.74, 6) is -4.43. The largest absolute Gasteiger partial charge is 0.471 e. The predicted molar refractivity (Wildman–Crippen MR) is 248 cm³/mol. The first kappa shape index (κ1) is 54.7. The molecular formula is C49H70F3N7O9. The summed E-state index contributed by atoms with van der Waals surface area (Å²) in [7, 11) is 0. The maximum atomic E-state index is 14.4. The summed E-state index contributed by atoms with van der Waals surface area (Å²) >= 11 is 0. The molecule has 2 aromatic carbocycles. The Morgan fingerprint density at radius 3 is 1.56 bits per heavy atom. The van der Waals surface area contributed by atoms with Gasteiger partial charge in [-0.2, -0.15) is 13.2 Å². The molecule has 4 atom stereocenters. The molecule has 0 radical (unpaired) electrons. The third-order valence-electron chi connectivity index (χ3n) is 11.5. The van der Waals surface area contributed by atoms with E-state index in [1.807, 2.05) is 19.9 Å². The Labute approximate surface area is 397 Å². The van der Waals surface area contributed by atoms with Crippen LogP contribution in [-0.4, -0.2) is 126 Å². The van der Waals surface area contributed by atoms with Crippen LogP contribution >= 0.6 is 0 Å². The van der Waals surface area contributed by atoms with Gasteiger partial charge in [0.2, 0.25) is 23.6 Å². The molecule has 0 aliphatic carbocycles. The average molecular weight is 958 g/mol. The van der Waals surface area contributed by atoms with Crippen molar-refractivity contribution in [1.82, 2.24) is 36.4 Å². The van der Waals surface area contributed by atoms with E-state index in [1.54, 1.807) is 101 Å². The minimum atomic E-state index is -4.97. The van der Waals surface area contributed by atoms with Crippen LogP contribution in [0.4, 0.5) is 22.8 Å². The third kappa shape index (κ3) is 18.0. The second-order valence-corrected chi connectivity index (χ2v) is 20.3. The SMILES string of the molecule is CC(C)C[C@@H](NC(=O)[C@@H](Cc1ccccc1)NC(=O)[C@@H](Cc1ccccc1)NC(=O)OC(C)(C)C)C(=O)N[C@H](CCCCNC(=O)OC(C)(C)C)C(=O)N1CCC2(CC1)CN(C(=O)C(F)(F)F)C2. The Balaban J connectivity index is 1.53. The zero-order chi connectivity index (χ0) is 50.5. The van der Waals surface area contributed by atoms with E-state index < -0.39 is 88.7 Å². The molecule has 0 unspecified atom stereocenters. The number of hydrogen-bond acceptors (Lipinski definition) is 9. The van der Waals surface area contributed by atoms with Gasteiger partial charge in [0, 0.05) is 51.0 Å². The molecule has 5 N–H and O–H groups in total. The highest BCUT2D eigenvalue weighted by Crippen LogP contribution is 2.42. The average Bonchev–Trinajstić information content (AvgIpc) is 3.22. The fourth-order valence-electron chi connectivity index (χ4n) is 8.15. The highest BCUT2D eigenvalue weighted by molar-refractivity contribution is 5.95. The van der Waals surface area contributed by atoms with Gasteiger partial charge in [0.05, 0.1) is 0 Å². The van der Waals surface area contributed by atoms with Crippen LogP contribution in [0.3, 0.4) is 0 Å². The van der Waals surface area contributed by atoms with E-state index in [0.29, 0.717) is 31.2 Å². The van der Waals surface area contributed by atoms with E-state index in [9.17, 15) is 46.7 Å². The molecule has 19 heteroatoms. The summed E-state index contributed by atoms with van der Waals surface area (Å²) in [6.07, 6.45) is -4.47. The van der Waals surface area contributed by atoms with Crippen molar-refractivity contribution < 1.29 is 56.2 Å². The van der Waals surface area contributed by atoms with Crippen molar-refractivity contribution in [3.05, 3.63) is 71.8 Å². The Bertz CT molecular complexity index is 2030. The van der Waals surface area contributed by atoms with Crippen LogP contribution in [0.1, 0.15) is 105 Å². The molecule has 2 aromatic rings. The molecule has 16 nitrogen and oxygen atoms in total. The van der Waals surface area contributed by atoms with Crippen molar-refractivity contribution in [3.63, 3.8) is 0 Å². The number of unbranched alkanes of at least 4 members (excludes halogenated alkanes) is 1. The minimum Gasteiger partial charge on any atom is -0.444 e. The van der Waals surface area contributed by atoms with Gasteiger partial charge in [0.15, 0.2) is 0 Å². The van der Waals surface area contributed by atoms with Crippen molar-refractivity contribution in [2.75, 3.05) is 32.7 Å². The molecule has 2 aliphatic heterocycles. The third-order valence-corrected chi connectivity index (χ3v) is 11.5. The van der Waals surface area contributed by atoms with Crippen molar-refractivity contribution >= 4 is 41.7 Å². The number of carbonyl (C=O) groups excluding carboxylic acids is 7. The smallest absolute Gasteiger partial charge is 0.444 e. The zero-order valence-corrected chi connectivity index (χ0v) is 40.6. The number of nitrogens with zero attached hydrogens (tertiary/aromatic N) is 2. The summed E-state index contributed by atoms with van der Waals surface area (Å²) < 4.78 is 50.0. The van der Waals surface area contributed by atoms with Gasteiger partial charge in [0.25, 0.3) is 0 Å². The topological polar surface area (TPSA) is 205 Å². The van der Waals surface area contributed by atoms with Gasteiger partial charge >= 0.3 is 24.3 Å². The van der Waals surface area contributed by atoms with E-state index >= 15 is 0 Å². The van der Waals surface area contributed by atoms with Gasteiger partial charge in [-0.3, -0.25) is 24.0 Å². The molecule has 7 amide bonds. The maximum absolute atomic E-state index is 14.4. The second-order valence-electron chi connectivity index (χ2n) is 20.3. The summed E-state index contributed by atoms with van der Waals surface area (Å²) in [5.41, 5.74) is -0.670. The molecule has 68 heavy (non-hydrogen) atoms. The number of amides is 7. The first-order valence-corrected chi connectivity index (χ1v) is 23.3. The van der Waals surface area contributed by atoms with Crippen molar-refractivity contribution in [2.45, 2.75) is 148 Å². The second kappa shape index (κ2) is 23.9. The van der Waals surface area contributed by atoms with E-state index in [2.05, 4.69) is 26.6 Å². The first-order valence-electron chi connectivity index (χ1n) is 23.3. The van der Waals surface area contributed by atoms with Crippen LogP contribution in [0.25, 0.3) is 0 Å². The molecule has 2 saturated heterocycles. The monoisotopic (exact) mass is 958 g/mol. The van der Waals surface area contributed by atoms with Crippen LogP contribution in [0, 0.1) is 11.3 Å². The predicted octanol–water partition coefficient (Wildman–Crippen LogP) is 5.57. The first-order chi connectivity index (χ1) is 31.7. The number of piperidine rings is 1. The molecule has 1 spiro atoms. The standard InChI is InChI=1S/C49H70F3N7O9/c1-32(2)27-36(55-40(61)37(28-33-17-11-9-12-18-33)56-41(62)38(29-34-19-13-10-14-20-34)57-45(66)68-47(6,7)8)39(60)54-35(21-15-16-24-53-44(65)67-46(3,4)5)42(63)58-25-22-48(23-26-58)30-59(31-48)43(64)49(50,51)52/h9-14,17-20,32,35-38H,15-16,21-31H2,1-8H3,(H,53,65)(H,54,60)(H,55,61)(H,56,62)(H,57,66)/t35-,36-,37-,38-/m1/s1. The summed E-state index contributed by atoms with van der Waals surface area (Å²) in [6, 6.07) is 13.3. The quantitative estimate of drug-likeness (QED) is 0.112. The van der Waals surface area contributed by atoms with Crippen molar-refractivity contribution in [1.29, 1.82) is 0 Å². The number of alkyl carbamates (subject to hydrolysis) is 2. The van der Waals surface area contributed by atoms with Crippen molar-refractivity contribution in [3.8, 4) is 0 Å². The van der Waals surface area contributed by atoms with E-state index in [4.69, 9.17) is 9.47 Å². The van der Waals surface area contributed by atoms with Gasteiger partial charge in [-0.05, 0) is 97.1 Å². The fraction of sp³-hybridized carbons (Fsp3) is 0.612. The number of carbonyl (C=O) groups is 7. The summed E-state index contributed by atoms with van der Waals surface area (Å²) in [4.78, 5) is 96.6. The maximum Gasteiger partial charge on any atom is 0.471 e. The highest BCUT2D eigenvalue weighted by atomic mass is 19.4. The number of alkyl halides is 3. The molecule has 2 aliphatic rings. The van der Waals surface area contributed by atoms with Crippen LogP contribution in [0.2, 0.25) is 0 Å². The molecule has 4 rings (SSSR count). The van der Waals surface area contributed by atoms with Crippen LogP contribution in [0.15, 0.2) is 60.7 Å². The number of likely N-dealkylation sites (tertiary alicyclic amines) is 2. The van der Waals surface area contributed by atoms with Gasteiger partial charge in [-0.15, -0.1) is 0 Å². The minimum absolute atomic E-state index is 0.0238. The molecule has 0 bridgehead atoms. The molecule has 2 heterocycles. The Morgan fingerprint density at radius 2 is 1.07 bits per heavy atom. The number of rotatable bonds is 19. The normalized spacial score (nSPS) is 16.6. The van der Waals surface area contributed by atoms with Crippen LogP contribution < -0.4 is 26.6 Å². The number of ether oxygens (including phenoxy) is 2. The number of halogens is 3. The molecule has 2 fully saturated rings. The summed E-state index contributed by atoms with van der Waals surface area (Å²) in [5, 5.41) is 13.9. The lowest BCUT2D eigenvalue weighted by atomic mass is 9.72. The fourth-order valence-corrected chi connectivity index (χ4v) is 8.15. The summed E-state index contributed by atoms with van der Waals surface area (Å²) in [6.45, 7) is 14.5. The number of nitrogens with one attached hydrogen (secondary N) is 5. The van der Waals surface area contributed by atoms with Gasteiger partial charge in [-0.1, -0.05) is 74.5 Å². The van der Waals surface area contributed by atoms with Crippen LogP contribution in [0.5, 0.6) is 0 Å². The lowest BCUT2D eigenvalue weighted by molar-refractivity contribution is -0.198. The van der Waals surface area contributed by atoms with E-state index in [-0.39, 0.29) is 64.3 Å². The Morgan fingerprint density at radius 1 is 0.618 bits per heavy atom. The van der Waals surface area contributed by atoms with Gasteiger partial charge in [0.1, 0.15) is 35.4 Å². The van der Waals surface area contributed by atoms with Gasteiger partial charge < -0.3 is 45.9 Å². The lowest BCUT2D eigenvalue weighted by Gasteiger charge is -2.54. The molecule has 0 saturated carbocycles. The zero-order valence-electron chi connectivity index (χ0n) is 40.6. The molecule has 376 valence electrons. The van der Waals surface area contributed by atoms with Gasteiger partial charge in [-0.25, -0.2) is 9.59 Å². The van der Waals surface area contributed by atoms with Crippen molar-refractivity contribution in [2.24, 2.45) is 11.3 Å². The van der Waals surface area contributed by atoms with Crippen LogP contribution in [-0.2, 0) is 46.3 Å². The molecular weight excluding hydrogens is 888 g/mol. The molecule has 0 aromatic heterocycles. The highest BCUT2D eigenvalue weighted by Gasteiger charge is 2.53. The van der Waals surface area contributed by atoms with E-state index in [1.165, 1.54) is 0 Å². The number of hydrogen-bond donors (Lipinski definition) is 5. The Kier molecular flexibility index (Phi) is 19.2. The van der Waals surface area contributed by atoms with E-state index in [0.717, 1.165) is 10.5 Å². The lowest BCUT2D eigenvalue weighted by Crippen LogP contribution is -2.65. The number of benzene rings is 2. The Hall–Kier alpha value is -5.88.